The maximum absolute atomic E-state index is 6.19. The van der Waals surface area contributed by atoms with E-state index in [0.29, 0.717) is 6.04 Å². The van der Waals surface area contributed by atoms with E-state index in [0.717, 1.165) is 35.7 Å². The number of aryl methyl sites for hydroxylation is 2. The second-order valence-electron chi connectivity index (χ2n) is 5.10. The van der Waals surface area contributed by atoms with Crippen molar-refractivity contribution >= 4 is 11.6 Å². The zero-order valence-electron chi connectivity index (χ0n) is 11.3. The number of hydrogen-bond acceptors (Lipinski definition) is 2. The van der Waals surface area contributed by atoms with Gasteiger partial charge in [0, 0.05) is 11.1 Å². The van der Waals surface area contributed by atoms with Crippen LogP contribution in [0.15, 0.2) is 12.1 Å². The fraction of sp³-hybridized carbons (Fsp3) is 0.600. The predicted molar refractivity (Wildman–Crippen MR) is 76.7 cm³/mol. The maximum atomic E-state index is 6.19. The molecule has 2 rings (SSSR count). The van der Waals surface area contributed by atoms with E-state index < -0.39 is 0 Å². The molecule has 2 nitrogen and oxygen atoms in total. The summed E-state index contributed by atoms with van der Waals surface area (Å²) in [5.74, 6) is 0.965. The van der Waals surface area contributed by atoms with Gasteiger partial charge in [-0.1, -0.05) is 18.0 Å². The van der Waals surface area contributed by atoms with Crippen molar-refractivity contribution in [1.29, 1.82) is 0 Å². The van der Waals surface area contributed by atoms with Gasteiger partial charge in [-0.15, -0.1) is 0 Å². The van der Waals surface area contributed by atoms with Crippen molar-refractivity contribution in [2.45, 2.75) is 45.1 Å². The molecule has 18 heavy (non-hydrogen) atoms. The van der Waals surface area contributed by atoms with Crippen LogP contribution >= 0.6 is 11.6 Å². The van der Waals surface area contributed by atoms with Crippen LogP contribution in [-0.2, 0) is 6.42 Å². The molecule has 1 aromatic carbocycles. The summed E-state index contributed by atoms with van der Waals surface area (Å²) in [6.07, 6.45) is 6.15. The molecule has 0 saturated carbocycles. The van der Waals surface area contributed by atoms with Gasteiger partial charge in [0.05, 0.1) is 7.11 Å². The highest BCUT2D eigenvalue weighted by molar-refractivity contribution is 6.31. The Labute approximate surface area is 115 Å². The largest absolute Gasteiger partial charge is 0.496 e. The Bertz CT molecular complexity index is 400. The van der Waals surface area contributed by atoms with Crippen molar-refractivity contribution in [2.24, 2.45) is 0 Å². The van der Waals surface area contributed by atoms with E-state index in [1.54, 1.807) is 7.11 Å². The monoisotopic (exact) mass is 267 g/mol. The second kappa shape index (κ2) is 6.44. The first-order valence-electron chi connectivity index (χ1n) is 6.77. The van der Waals surface area contributed by atoms with Gasteiger partial charge >= 0.3 is 0 Å². The van der Waals surface area contributed by atoms with Gasteiger partial charge in [0.2, 0.25) is 0 Å². The fourth-order valence-corrected chi connectivity index (χ4v) is 2.77. The summed E-state index contributed by atoms with van der Waals surface area (Å²) in [4.78, 5) is 0. The third-order valence-electron chi connectivity index (χ3n) is 3.74. The molecule has 1 aliphatic heterocycles. The highest BCUT2D eigenvalue weighted by Crippen LogP contribution is 2.28. The molecule has 1 unspecified atom stereocenters. The van der Waals surface area contributed by atoms with E-state index in [1.807, 2.05) is 13.0 Å². The van der Waals surface area contributed by atoms with Gasteiger partial charge in [-0.2, -0.15) is 0 Å². The summed E-state index contributed by atoms with van der Waals surface area (Å²) in [7, 11) is 1.73. The molecule has 0 aliphatic carbocycles. The molecule has 0 radical (unpaired) electrons. The topological polar surface area (TPSA) is 21.3 Å². The van der Waals surface area contributed by atoms with Crippen molar-refractivity contribution in [3.8, 4) is 5.75 Å². The van der Waals surface area contributed by atoms with E-state index >= 15 is 0 Å². The van der Waals surface area contributed by atoms with Crippen LogP contribution < -0.4 is 10.1 Å². The summed E-state index contributed by atoms with van der Waals surface area (Å²) in [6, 6.07) is 4.74. The van der Waals surface area contributed by atoms with Crippen LogP contribution in [-0.4, -0.2) is 19.7 Å². The molecule has 0 bridgehead atoms. The zero-order valence-corrected chi connectivity index (χ0v) is 12.0. The van der Waals surface area contributed by atoms with Gasteiger partial charge in [0.15, 0.2) is 0 Å². The summed E-state index contributed by atoms with van der Waals surface area (Å²) in [5.41, 5.74) is 2.30. The Morgan fingerprint density at radius 3 is 2.89 bits per heavy atom. The van der Waals surface area contributed by atoms with Crippen LogP contribution in [0, 0.1) is 6.92 Å². The highest BCUT2D eigenvalue weighted by Gasteiger charge is 2.14. The Morgan fingerprint density at radius 2 is 2.22 bits per heavy atom. The van der Waals surface area contributed by atoms with Crippen LogP contribution in [0.25, 0.3) is 0 Å². The minimum absolute atomic E-state index is 0.656. The standard InChI is InChI=1S/C15H22ClNO/c1-11-9-15(18-2)12(10-14(11)16)6-7-13-5-3-4-8-17-13/h9-10,13,17H,3-8H2,1-2H3. The van der Waals surface area contributed by atoms with E-state index in [9.17, 15) is 0 Å². The Balaban J connectivity index is 2.01. The molecule has 1 saturated heterocycles. The van der Waals surface area contributed by atoms with E-state index in [4.69, 9.17) is 16.3 Å². The average Bonchev–Trinajstić information content (AvgIpc) is 2.41. The van der Waals surface area contributed by atoms with Crippen LogP contribution in [0.3, 0.4) is 0 Å². The second-order valence-corrected chi connectivity index (χ2v) is 5.51. The number of ether oxygens (including phenoxy) is 1. The summed E-state index contributed by atoms with van der Waals surface area (Å²) in [6.45, 7) is 3.17. The molecule has 1 aliphatic rings. The molecular formula is C15H22ClNO. The van der Waals surface area contributed by atoms with Gasteiger partial charge in [0.25, 0.3) is 0 Å². The van der Waals surface area contributed by atoms with Crippen LogP contribution in [0.2, 0.25) is 5.02 Å². The van der Waals surface area contributed by atoms with E-state index in [2.05, 4.69) is 11.4 Å². The molecule has 1 N–H and O–H groups in total. The predicted octanol–water partition coefficient (Wildman–Crippen LogP) is 3.73. The minimum atomic E-state index is 0.656. The van der Waals surface area contributed by atoms with Gasteiger partial charge in [-0.3, -0.25) is 0 Å². The molecule has 1 atom stereocenters. The SMILES string of the molecule is COc1cc(C)c(Cl)cc1CCC1CCCCN1. The Morgan fingerprint density at radius 1 is 1.39 bits per heavy atom. The van der Waals surface area contributed by atoms with Crippen molar-refractivity contribution in [3.05, 3.63) is 28.3 Å². The van der Waals surface area contributed by atoms with Gasteiger partial charge in [-0.25, -0.2) is 0 Å². The number of rotatable bonds is 4. The normalized spacial score (nSPS) is 19.8. The maximum Gasteiger partial charge on any atom is 0.122 e. The van der Waals surface area contributed by atoms with Gasteiger partial charge < -0.3 is 10.1 Å². The number of methoxy groups -OCH3 is 1. The van der Waals surface area contributed by atoms with Crippen molar-refractivity contribution < 1.29 is 4.74 Å². The van der Waals surface area contributed by atoms with Gasteiger partial charge in [-0.05, 0) is 62.4 Å². The lowest BCUT2D eigenvalue weighted by Crippen LogP contribution is -2.34. The summed E-state index contributed by atoms with van der Waals surface area (Å²) >= 11 is 6.19. The molecular weight excluding hydrogens is 246 g/mol. The average molecular weight is 268 g/mol. The third-order valence-corrected chi connectivity index (χ3v) is 4.14. The molecule has 100 valence electrons. The third kappa shape index (κ3) is 3.39. The lowest BCUT2D eigenvalue weighted by molar-refractivity contribution is 0.376. The number of nitrogens with one attached hydrogen (secondary N) is 1. The van der Waals surface area contributed by atoms with Crippen molar-refractivity contribution in [3.63, 3.8) is 0 Å². The molecule has 1 fully saturated rings. The number of halogens is 1. The minimum Gasteiger partial charge on any atom is -0.496 e. The quantitative estimate of drug-likeness (QED) is 0.898. The van der Waals surface area contributed by atoms with E-state index in [1.165, 1.54) is 24.8 Å². The summed E-state index contributed by atoms with van der Waals surface area (Å²) in [5, 5.41) is 4.41. The molecule has 0 amide bonds. The zero-order chi connectivity index (χ0) is 13.0. The number of piperidine rings is 1. The lowest BCUT2D eigenvalue weighted by atomic mass is 9.97. The smallest absolute Gasteiger partial charge is 0.122 e. The van der Waals surface area contributed by atoms with Crippen LogP contribution in [0.1, 0.15) is 36.8 Å². The first kappa shape index (κ1) is 13.7. The molecule has 1 aromatic rings. The van der Waals surface area contributed by atoms with Crippen molar-refractivity contribution in [1.82, 2.24) is 5.32 Å². The molecule has 1 heterocycles. The number of benzene rings is 1. The van der Waals surface area contributed by atoms with Crippen LogP contribution in [0.4, 0.5) is 0 Å². The Hall–Kier alpha value is -0.730. The van der Waals surface area contributed by atoms with Crippen molar-refractivity contribution in [2.75, 3.05) is 13.7 Å². The lowest BCUT2D eigenvalue weighted by Gasteiger charge is -2.23. The number of hydrogen-bond donors (Lipinski definition) is 1. The van der Waals surface area contributed by atoms with Gasteiger partial charge in [0.1, 0.15) is 5.75 Å². The first-order valence-corrected chi connectivity index (χ1v) is 7.15. The first-order chi connectivity index (χ1) is 8.70. The Kier molecular flexibility index (Phi) is 4.90. The van der Waals surface area contributed by atoms with Crippen LogP contribution in [0.5, 0.6) is 5.75 Å². The highest BCUT2D eigenvalue weighted by atomic mass is 35.5. The summed E-state index contributed by atoms with van der Waals surface area (Å²) < 4.78 is 5.44. The molecule has 0 spiro atoms. The fourth-order valence-electron chi connectivity index (χ4n) is 2.58. The van der Waals surface area contributed by atoms with E-state index in [-0.39, 0.29) is 0 Å². The molecule has 0 aromatic heterocycles. The molecule has 3 heteroatoms.